The van der Waals surface area contributed by atoms with Crippen LogP contribution in [0.1, 0.15) is 30.6 Å². The van der Waals surface area contributed by atoms with Gasteiger partial charge in [0.2, 0.25) is 0 Å². The molecule has 1 aliphatic rings. The number of carbonyl (C=O) groups excluding carboxylic acids is 1. The van der Waals surface area contributed by atoms with E-state index in [1.165, 1.54) is 6.20 Å². The molecule has 200 valence electrons. The van der Waals surface area contributed by atoms with E-state index in [1.54, 1.807) is 46.1 Å². The number of aromatic nitrogens is 3. The predicted octanol–water partition coefficient (Wildman–Crippen LogP) is 2.80. The Labute approximate surface area is 226 Å². The molecule has 0 aliphatic carbocycles. The molecular formula is C29H30N6O4. The summed E-state index contributed by atoms with van der Waals surface area (Å²) in [4.78, 5) is 21.3. The molecule has 4 heterocycles. The second-order valence-corrected chi connectivity index (χ2v) is 9.46. The van der Waals surface area contributed by atoms with E-state index in [4.69, 9.17) is 4.74 Å². The average Bonchev–Trinajstić information content (AvgIpc) is 3.42. The summed E-state index contributed by atoms with van der Waals surface area (Å²) in [5.74, 6) is 1.01. The van der Waals surface area contributed by atoms with Gasteiger partial charge in [-0.2, -0.15) is 10.4 Å². The van der Waals surface area contributed by atoms with E-state index in [0.29, 0.717) is 55.0 Å². The van der Waals surface area contributed by atoms with Crippen LogP contribution in [-0.2, 0) is 4.79 Å². The van der Waals surface area contributed by atoms with Crippen molar-refractivity contribution in [2.24, 2.45) is 0 Å². The molecular weight excluding hydrogens is 496 g/mol. The fourth-order valence-corrected chi connectivity index (χ4v) is 4.63. The van der Waals surface area contributed by atoms with Gasteiger partial charge in [-0.1, -0.05) is 37.3 Å². The summed E-state index contributed by atoms with van der Waals surface area (Å²) in [5.41, 5.74) is 3.22. The van der Waals surface area contributed by atoms with Gasteiger partial charge >= 0.3 is 0 Å². The summed E-state index contributed by atoms with van der Waals surface area (Å²) in [6, 6.07) is 16.8. The Bertz CT molecular complexity index is 1470. The number of nitriles is 1. The molecule has 1 fully saturated rings. The van der Waals surface area contributed by atoms with Crippen molar-refractivity contribution in [3.63, 3.8) is 0 Å². The SMILES string of the molecule is CCC(O)COc1cc(-c2ccc(N3CCN(C(=O)C(O)c4ccccc4)CC3)nc2)c2c(C#N)cnn2c1. The number of aliphatic hydroxyl groups excluding tert-OH is 2. The summed E-state index contributed by atoms with van der Waals surface area (Å²) in [5, 5.41) is 34.3. The van der Waals surface area contributed by atoms with E-state index in [0.717, 1.165) is 16.9 Å². The Morgan fingerprint density at radius 2 is 1.87 bits per heavy atom. The lowest BCUT2D eigenvalue weighted by Gasteiger charge is -2.36. The molecule has 4 aromatic rings. The van der Waals surface area contributed by atoms with Gasteiger partial charge in [0, 0.05) is 43.5 Å². The van der Waals surface area contributed by atoms with Crippen LogP contribution in [0.2, 0.25) is 0 Å². The number of benzene rings is 1. The van der Waals surface area contributed by atoms with Gasteiger partial charge in [0.15, 0.2) is 6.10 Å². The summed E-state index contributed by atoms with van der Waals surface area (Å²) in [6.45, 7) is 4.19. The number of anilines is 1. The van der Waals surface area contributed by atoms with Gasteiger partial charge in [-0.05, 0) is 30.2 Å². The van der Waals surface area contributed by atoms with Crippen molar-refractivity contribution >= 4 is 17.2 Å². The van der Waals surface area contributed by atoms with Crippen LogP contribution in [0.3, 0.4) is 0 Å². The first kappa shape index (κ1) is 26.2. The van der Waals surface area contributed by atoms with Gasteiger partial charge in [0.1, 0.15) is 24.2 Å². The highest BCUT2D eigenvalue weighted by Gasteiger charge is 2.27. The van der Waals surface area contributed by atoms with Crippen LogP contribution in [0.4, 0.5) is 5.82 Å². The zero-order chi connectivity index (χ0) is 27.4. The topological polar surface area (TPSA) is 127 Å². The monoisotopic (exact) mass is 526 g/mol. The van der Waals surface area contributed by atoms with Crippen molar-refractivity contribution in [3.8, 4) is 22.9 Å². The standard InChI is InChI=1S/C29H30N6O4/c1-2-23(36)19-39-24-14-25(27-22(15-30)17-32-35(27)18-24)21-8-9-26(31-16-21)33-10-12-34(13-11-33)29(38)28(37)20-6-4-3-5-7-20/h3-9,14,16-18,23,28,36-37H,2,10-13,19H2,1H3. The lowest BCUT2D eigenvalue weighted by molar-refractivity contribution is -0.140. The lowest BCUT2D eigenvalue weighted by atomic mass is 10.1. The van der Waals surface area contributed by atoms with Crippen molar-refractivity contribution in [1.82, 2.24) is 19.5 Å². The third kappa shape index (κ3) is 5.55. The van der Waals surface area contributed by atoms with Gasteiger partial charge in [0.05, 0.1) is 29.6 Å². The van der Waals surface area contributed by atoms with Crippen LogP contribution < -0.4 is 9.64 Å². The summed E-state index contributed by atoms with van der Waals surface area (Å²) in [7, 11) is 0. The zero-order valence-electron chi connectivity index (χ0n) is 21.6. The number of carbonyl (C=O) groups is 1. The second-order valence-electron chi connectivity index (χ2n) is 9.46. The second kappa shape index (κ2) is 11.5. The first-order valence-corrected chi connectivity index (χ1v) is 12.9. The molecule has 3 aromatic heterocycles. The van der Waals surface area contributed by atoms with Gasteiger partial charge in [-0.15, -0.1) is 0 Å². The van der Waals surface area contributed by atoms with Crippen molar-refractivity contribution < 1.29 is 19.7 Å². The third-order valence-electron chi connectivity index (χ3n) is 6.94. The Kier molecular flexibility index (Phi) is 7.72. The number of hydrogen-bond acceptors (Lipinski definition) is 8. The highest BCUT2D eigenvalue weighted by molar-refractivity contribution is 5.85. The Morgan fingerprint density at radius 3 is 2.54 bits per heavy atom. The van der Waals surface area contributed by atoms with E-state index < -0.39 is 12.2 Å². The number of aliphatic hydroxyl groups is 2. The highest BCUT2D eigenvalue weighted by Crippen LogP contribution is 2.31. The molecule has 1 aromatic carbocycles. The van der Waals surface area contributed by atoms with Crippen LogP contribution in [0.25, 0.3) is 16.6 Å². The van der Waals surface area contributed by atoms with Crippen molar-refractivity contribution in [2.75, 3.05) is 37.7 Å². The number of nitrogens with zero attached hydrogens (tertiary/aromatic N) is 6. The van der Waals surface area contributed by atoms with Crippen molar-refractivity contribution in [3.05, 3.63) is 78.2 Å². The van der Waals surface area contributed by atoms with Gasteiger partial charge in [0.25, 0.3) is 5.91 Å². The summed E-state index contributed by atoms with van der Waals surface area (Å²) < 4.78 is 7.40. The van der Waals surface area contributed by atoms with Crippen LogP contribution in [0, 0.1) is 11.3 Å². The molecule has 0 radical (unpaired) electrons. The zero-order valence-corrected chi connectivity index (χ0v) is 21.6. The first-order chi connectivity index (χ1) is 19.0. The Balaban J connectivity index is 1.31. The quantitative estimate of drug-likeness (QED) is 0.359. The van der Waals surface area contributed by atoms with E-state index in [9.17, 15) is 20.3 Å². The minimum absolute atomic E-state index is 0.155. The molecule has 39 heavy (non-hydrogen) atoms. The van der Waals surface area contributed by atoms with Gasteiger partial charge in [-0.25, -0.2) is 9.50 Å². The maximum Gasteiger partial charge on any atom is 0.256 e. The molecule has 1 amide bonds. The van der Waals surface area contributed by atoms with E-state index in [1.807, 2.05) is 31.2 Å². The lowest BCUT2D eigenvalue weighted by Crippen LogP contribution is -2.50. The highest BCUT2D eigenvalue weighted by atomic mass is 16.5. The molecule has 10 nitrogen and oxygen atoms in total. The number of rotatable bonds is 8. The molecule has 2 N–H and O–H groups in total. The molecule has 0 saturated carbocycles. The number of amides is 1. The van der Waals surface area contributed by atoms with Crippen LogP contribution in [-0.4, -0.2) is 74.5 Å². The van der Waals surface area contributed by atoms with Crippen LogP contribution >= 0.6 is 0 Å². The van der Waals surface area contributed by atoms with Gasteiger partial charge < -0.3 is 24.7 Å². The van der Waals surface area contributed by atoms with Gasteiger partial charge in [-0.3, -0.25) is 4.79 Å². The molecule has 2 unspecified atom stereocenters. The molecule has 1 saturated heterocycles. The molecule has 1 aliphatic heterocycles. The molecule has 2 atom stereocenters. The Morgan fingerprint density at radius 1 is 1.10 bits per heavy atom. The molecule has 0 spiro atoms. The van der Waals surface area contributed by atoms with Crippen molar-refractivity contribution in [1.29, 1.82) is 5.26 Å². The Hall–Kier alpha value is -4.46. The maximum absolute atomic E-state index is 12.8. The summed E-state index contributed by atoms with van der Waals surface area (Å²) >= 11 is 0. The average molecular weight is 527 g/mol. The fraction of sp³-hybridized carbons (Fsp3) is 0.310. The number of ether oxygens (including phenoxy) is 1. The number of pyridine rings is 2. The van der Waals surface area contributed by atoms with E-state index in [2.05, 4.69) is 21.1 Å². The molecule has 0 bridgehead atoms. The van der Waals surface area contributed by atoms with E-state index >= 15 is 0 Å². The number of hydrogen-bond donors (Lipinski definition) is 2. The minimum atomic E-state index is -1.17. The van der Waals surface area contributed by atoms with Crippen LogP contribution in [0.15, 0.2) is 67.1 Å². The minimum Gasteiger partial charge on any atom is -0.489 e. The summed E-state index contributed by atoms with van der Waals surface area (Å²) in [6.07, 6.45) is 3.80. The first-order valence-electron chi connectivity index (χ1n) is 12.9. The third-order valence-corrected chi connectivity index (χ3v) is 6.94. The largest absolute Gasteiger partial charge is 0.489 e. The predicted molar refractivity (Wildman–Crippen MR) is 145 cm³/mol. The molecule has 5 rings (SSSR count). The smallest absolute Gasteiger partial charge is 0.256 e. The number of fused-ring (bicyclic) bond motifs is 1. The van der Waals surface area contributed by atoms with Crippen LogP contribution in [0.5, 0.6) is 5.75 Å². The van der Waals surface area contributed by atoms with Crippen molar-refractivity contribution in [2.45, 2.75) is 25.6 Å². The normalized spacial score (nSPS) is 15.1. The van der Waals surface area contributed by atoms with E-state index in [-0.39, 0.29) is 12.5 Å². The number of piperazine rings is 1. The molecule has 10 heteroatoms. The maximum atomic E-state index is 12.8. The fourth-order valence-electron chi connectivity index (χ4n) is 4.63.